The standard InChI is InChI=1S/C22H29N5O6/c1-13(2)10-26(11-14(3)4)20-18(27(30)31)19(23-12-24-20)25-17-8-15(21(28)32-5)7-16(9-17)22(29)33-6/h7-9,12-14H,10-11H2,1-6H3,(H,23,24,25). The van der Waals surface area contributed by atoms with Crippen LogP contribution in [0.25, 0.3) is 0 Å². The minimum Gasteiger partial charge on any atom is -0.465 e. The van der Waals surface area contributed by atoms with Crippen molar-refractivity contribution in [2.45, 2.75) is 27.7 Å². The Morgan fingerprint density at radius 1 is 1.00 bits per heavy atom. The molecule has 2 rings (SSSR count). The van der Waals surface area contributed by atoms with Crippen molar-refractivity contribution < 1.29 is 24.0 Å². The van der Waals surface area contributed by atoms with Gasteiger partial charge in [0.1, 0.15) is 6.33 Å². The normalized spacial score (nSPS) is 10.8. The third kappa shape index (κ3) is 6.61. The maximum atomic E-state index is 12.1. The fraction of sp³-hybridized carbons (Fsp3) is 0.455. The number of nitro groups is 1. The minimum atomic E-state index is -0.679. The molecule has 0 fully saturated rings. The summed E-state index contributed by atoms with van der Waals surface area (Å²) in [5, 5.41) is 14.9. The van der Waals surface area contributed by atoms with Crippen LogP contribution in [0.2, 0.25) is 0 Å². The molecule has 0 saturated carbocycles. The zero-order valence-corrected chi connectivity index (χ0v) is 19.6. The summed E-state index contributed by atoms with van der Waals surface area (Å²) in [6.45, 7) is 9.22. The van der Waals surface area contributed by atoms with Crippen molar-refractivity contribution in [1.29, 1.82) is 0 Å². The second-order valence-electron chi connectivity index (χ2n) is 8.25. The number of rotatable bonds is 10. The van der Waals surface area contributed by atoms with E-state index in [0.717, 1.165) is 0 Å². The first-order chi connectivity index (χ1) is 15.6. The predicted molar refractivity (Wildman–Crippen MR) is 123 cm³/mol. The van der Waals surface area contributed by atoms with Crippen LogP contribution in [0.1, 0.15) is 48.4 Å². The fourth-order valence-corrected chi connectivity index (χ4v) is 3.30. The molecule has 33 heavy (non-hydrogen) atoms. The Labute approximate surface area is 192 Å². The van der Waals surface area contributed by atoms with Gasteiger partial charge in [-0.05, 0) is 30.0 Å². The highest BCUT2D eigenvalue weighted by Gasteiger charge is 2.28. The molecule has 1 aromatic carbocycles. The van der Waals surface area contributed by atoms with Gasteiger partial charge in [0, 0.05) is 18.8 Å². The van der Waals surface area contributed by atoms with Crippen molar-refractivity contribution in [3.8, 4) is 0 Å². The molecule has 1 heterocycles. The number of methoxy groups -OCH3 is 2. The van der Waals surface area contributed by atoms with E-state index in [1.807, 2.05) is 32.6 Å². The summed E-state index contributed by atoms with van der Waals surface area (Å²) in [5.41, 5.74) is 0.0642. The summed E-state index contributed by atoms with van der Waals surface area (Å²) in [6, 6.07) is 4.13. The Kier molecular flexibility index (Phi) is 8.66. The van der Waals surface area contributed by atoms with E-state index < -0.39 is 16.9 Å². The zero-order valence-electron chi connectivity index (χ0n) is 19.6. The fourth-order valence-electron chi connectivity index (χ4n) is 3.30. The molecule has 0 aliphatic rings. The number of aromatic nitrogens is 2. The molecule has 0 spiro atoms. The van der Waals surface area contributed by atoms with E-state index in [1.54, 1.807) is 0 Å². The Morgan fingerprint density at radius 2 is 1.52 bits per heavy atom. The second-order valence-corrected chi connectivity index (χ2v) is 8.25. The summed E-state index contributed by atoms with van der Waals surface area (Å²) in [5.74, 6) is -0.746. The topological polar surface area (TPSA) is 137 Å². The first-order valence-corrected chi connectivity index (χ1v) is 10.4. The summed E-state index contributed by atoms with van der Waals surface area (Å²) in [6.07, 6.45) is 1.24. The van der Waals surface area contributed by atoms with Gasteiger partial charge in [-0.25, -0.2) is 19.6 Å². The number of carbonyl (C=O) groups excluding carboxylic acids is 2. The van der Waals surface area contributed by atoms with Gasteiger partial charge in [0.25, 0.3) is 0 Å². The van der Waals surface area contributed by atoms with Crippen molar-refractivity contribution in [1.82, 2.24) is 9.97 Å². The average molecular weight is 460 g/mol. The lowest BCUT2D eigenvalue weighted by Crippen LogP contribution is -2.32. The van der Waals surface area contributed by atoms with Gasteiger partial charge in [0.05, 0.1) is 30.3 Å². The summed E-state index contributed by atoms with van der Waals surface area (Å²) in [4.78, 5) is 45.8. The molecule has 11 heteroatoms. The molecule has 1 aromatic heterocycles. The van der Waals surface area contributed by atoms with Gasteiger partial charge in [-0.3, -0.25) is 10.1 Å². The summed E-state index contributed by atoms with van der Waals surface area (Å²) >= 11 is 0. The van der Waals surface area contributed by atoms with Crippen LogP contribution in [0.15, 0.2) is 24.5 Å². The average Bonchev–Trinajstić information content (AvgIpc) is 2.76. The van der Waals surface area contributed by atoms with E-state index in [2.05, 4.69) is 15.3 Å². The molecular formula is C22H29N5O6. The van der Waals surface area contributed by atoms with E-state index in [-0.39, 0.29) is 46.0 Å². The highest BCUT2D eigenvalue weighted by Crippen LogP contribution is 2.34. The minimum absolute atomic E-state index is 0.0691. The van der Waals surface area contributed by atoms with E-state index >= 15 is 0 Å². The lowest BCUT2D eigenvalue weighted by molar-refractivity contribution is -0.383. The van der Waals surface area contributed by atoms with Crippen LogP contribution in [-0.4, -0.2) is 54.1 Å². The van der Waals surface area contributed by atoms with Crippen LogP contribution in [0.5, 0.6) is 0 Å². The Balaban J connectivity index is 2.59. The highest BCUT2D eigenvalue weighted by atomic mass is 16.6. The summed E-state index contributed by atoms with van der Waals surface area (Å²) in [7, 11) is 2.42. The van der Waals surface area contributed by atoms with Gasteiger partial charge in [0.15, 0.2) is 0 Å². The molecule has 178 valence electrons. The largest absolute Gasteiger partial charge is 0.465 e. The maximum absolute atomic E-state index is 12.1. The van der Waals surface area contributed by atoms with Gasteiger partial charge in [-0.1, -0.05) is 27.7 Å². The molecule has 2 aromatic rings. The monoisotopic (exact) mass is 459 g/mol. The molecule has 0 aliphatic carbocycles. The van der Waals surface area contributed by atoms with E-state index in [1.165, 1.54) is 38.7 Å². The molecule has 11 nitrogen and oxygen atoms in total. The first-order valence-electron chi connectivity index (χ1n) is 10.4. The SMILES string of the molecule is COC(=O)c1cc(Nc2ncnc(N(CC(C)C)CC(C)C)c2[N+](=O)[O-])cc(C(=O)OC)c1. The van der Waals surface area contributed by atoms with Gasteiger partial charge < -0.3 is 19.7 Å². The summed E-state index contributed by atoms with van der Waals surface area (Å²) < 4.78 is 9.47. The van der Waals surface area contributed by atoms with Gasteiger partial charge in [-0.15, -0.1) is 0 Å². The predicted octanol–water partition coefficient (Wildman–Crippen LogP) is 3.82. The number of hydrogen-bond acceptors (Lipinski definition) is 10. The van der Waals surface area contributed by atoms with E-state index in [9.17, 15) is 19.7 Å². The first kappa shape index (κ1) is 25.5. The number of nitrogens with zero attached hydrogens (tertiary/aromatic N) is 4. The van der Waals surface area contributed by atoms with Gasteiger partial charge >= 0.3 is 17.6 Å². The third-order valence-electron chi connectivity index (χ3n) is 4.49. The highest BCUT2D eigenvalue weighted by molar-refractivity contribution is 5.97. The van der Waals surface area contributed by atoms with E-state index in [4.69, 9.17) is 9.47 Å². The van der Waals surface area contributed by atoms with Crippen molar-refractivity contribution in [2.24, 2.45) is 11.8 Å². The number of benzene rings is 1. The molecule has 0 bridgehead atoms. The maximum Gasteiger partial charge on any atom is 0.353 e. The van der Waals surface area contributed by atoms with E-state index in [0.29, 0.717) is 13.1 Å². The van der Waals surface area contributed by atoms with Crippen molar-refractivity contribution >= 4 is 34.9 Å². The second kappa shape index (κ2) is 11.2. The Hall–Kier alpha value is -3.76. The van der Waals surface area contributed by atoms with Crippen LogP contribution in [-0.2, 0) is 9.47 Å². The number of nitrogens with one attached hydrogen (secondary N) is 1. The molecule has 1 N–H and O–H groups in total. The van der Waals surface area contributed by atoms with Crippen molar-refractivity contribution in [3.05, 3.63) is 45.8 Å². The smallest absolute Gasteiger partial charge is 0.353 e. The van der Waals surface area contributed by atoms with Crippen LogP contribution in [0, 0.1) is 22.0 Å². The van der Waals surface area contributed by atoms with Crippen LogP contribution >= 0.6 is 0 Å². The molecule has 0 aliphatic heterocycles. The number of esters is 2. The number of ether oxygens (including phenoxy) is 2. The van der Waals surface area contributed by atoms with Crippen LogP contribution < -0.4 is 10.2 Å². The molecule has 0 amide bonds. The Bertz CT molecular complexity index is 980. The van der Waals surface area contributed by atoms with Crippen molar-refractivity contribution in [3.63, 3.8) is 0 Å². The van der Waals surface area contributed by atoms with Crippen LogP contribution in [0.4, 0.5) is 23.0 Å². The van der Waals surface area contributed by atoms with Gasteiger partial charge in [0.2, 0.25) is 11.6 Å². The lowest BCUT2D eigenvalue weighted by Gasteiger charge is -2.27. The van der Waals surface area contributed by atoms with Crippen LogP contribution in [0.3, 0.4) is 0 Å². The quantitative estimate of drug-likeness (QED) is 0.317. The number of carbonyl (C=O) groups is 2. The zero-order chi connectivity index (χ0) is 24.7. The molecule has 0 radical (unpaired) electrons. The number of hydrogen-bond donors (Lipinski definition) is 1. The molecule has 0 unspecified atom stereocenters. The number of anilines is 3. The van der Waals surface area contributed by atoms with Crippen molar-refractivity contribution in [2.75, 3.05) is 37.5 Å². The lowest BCUT2D eigenvalue weighted by atomic mass is 10.1. The molecular weight excluding hydrogens is 430 g/mol. The van der Waals surface area contributed by atoms with Gasteiger partial charge in [-0.2, -0.15) is 0 Å². The Morgan fingerprint density at radius 3 is 1.94 bits per heavy atom. The third-order valence-corrected chi connectivity index (χ3v) is 4.49. The molecule has 0 saturated heterocycles. The molecule has 0 atom stereocenters.